The van der Waals surface area contributed by atoms with Gasteiger partial charge in [-0.15, -0.1) is 0 Å². The molecule has 3 heterocycles. The molecule has 1 aromatic rings. The van der Waals surface area contributed by atoms with Crippen LogP contribution in [0.2, 0.25) is 0 Å². The number of fused-ring (bicyclic) bond motifs is 2. The highest BCUT2D eigenvalue weighted by molar-refractivity contribution is 6.33. The Morgan fingerprint density at radius 3 is 2.36 bits per heavy atom. The zero-order valence-corrected chi connectivity index (χ0v) is 21.5. The summed E-state index contributed by atoms with van der Waals surface area (Å²) < 4.78 is 0. The molecule has 2 bridgehead atoms. The van der Waals surface area contributed by atoms with Crippen LogP contribution in [0.3, 0.4) is 0 Å². The van der Waals surface area contributed by atoms with E-state index in [9.17, 15) is 9.90 Å². The molecule has 9 nitrogen and oxygen atoms in total. The molecule has 3 aliphatic rings. The highest BCUT2D eigenvalue weighted by Crippen LogP contribution is 2.27. The second-order valence-electron chi connectivity index (χ2n) is 9.58. The van der Waals surface area contributed by atoms with Crippen LogP contribution in [0.1, 0.15) is 55.5 Å². The lowest BCUT2D eigenvalue weighted by Gasteiger charge is -2.41. The molecule has 0 atom stereocenters. The molecule has 1 saturated heterocycles. The van der Waals surface area contributed by atoms with E-state index in [1.807, 2.05) is 41.4 Å². The fourth-order valence-electron chi connectivity index (χ4n) is 4.95. The first-order chi connectivity index (χ1) is 17.4. The third-order valence-corrected chi connectivity index (χ3v) is 6.91. The molecule has 1 aromatic carbocycles. The normalized spacial score (nSPS) is 19.6. The van der Waals surface area contributed by atoms with E-state index in [1.165, 1.54) is 0 Å². The van der Waals surface area contributed by atoms with Crippen molar-refractivity contribution in [2.24, 2.45) is 9.98 Å². The Morgan fingerprint density at radius 1 is 1.08 bits per heavy atom. The van der Waals surface area contributed by atoms with Crippen LogP contribution in [0.15, 0.2) is 58.4 Å². The molecule has 0 saturated carbocycles. The number of rotatable bonds is 8. The van der Waals surface area contributed by atoms with E-state index in [-0.39, 0.29) is 17.9 Å². The van der Waals surface area contributed by atoms with Crippen molar-refractivity contribution >= 4 is 23.4 Å². The number of hydrogen-bond donors (Lipinski definition) is 2. The topological polar surface area (TPSA) is 98.8 Å². The van der Waals surface area contributed by atoms with Crippen LogP contribution in [0.25, 0.3) is 0 Å². The lowest BCUT2D eigenvalue weighted by molar-refractivity contribution is 0.0424. The zero-order valence-electron chi connectivity index (χ0n) is 21.5. The first-order valence-electron chi connectivity index (χ1n) is 12.9. The van der Waals surface area contributed by atoms with Gasteiger partial charge in [0.25, 0.3) is 5.91 Å². The van der Waals surface area contributed by atoms with Gasteiger partial charge in [-0.25, -0.2) is 4.99 Å². The fraction of sp³-hybridized carbons (Fsp3) is 0.481. The number of amidine groups is 1. The van der Waals surface area contributed by atoms with E-state index in [0.717, 1.165) is 63.7 Å². The number of aliphatic hydroxyl groups is 1. The van der Waals surface area contributed by atoms with E-state index in [2.05, 4.69) is 45.8 Å². The number of allylic oxidation sites excluding steroid dienone is 1. The van der Waals surface area contributed by atoms with Gasteiger partial charge in [0.15, 0.2) is 5.84 Å². The molecule has 4 rings (SSSR count). The Balaban J connectivity index is 1.60. The lowest BCUT2D eigenvalue weighted by Crippen LogP contribution is -2.50. The number of aliphatic imine (C=N–C) groups is 2. The number of hydrogen-bond acceptors (Lipinski definition) is 6. The standard InChI is InChI=1S/C27H37N7O2/c1-4-6-22(7-5-2)34-25-23(19-35)24(29-27(28)30-25)12-13-33(34)18-20-8-10-21(11-9-20)26(36)32-16-14-31(3)15-17-32/h8-13,19,22,28,35H,4-7,14-18H2,1-3H3. The number of likely N-dealkylation sites (N-methyl/N-ethyl adjacent to an activating group) is 1. The van der Waals surface area contributed by atoms with E-state index in [0.29, 0.717) is 29.2 Å². The molecule has 9 heteroatoms. The van der Waals surface area contributed by atoms with Crippen LogP contribution >= 0.6 is 0 Å². The summed E-state index contributed by atoms with van der Waals surface area (Å²) in [6, 6.07) is 7.98. The number of nitrogens with zero attached hydrogens (tertiary/aromatic N) is 6. The molecule has 1 fully saturated rings. The van der Waals surface area contributed by atoms with E-state index in [1.54, 1.807) is 0 Å². The Bertz CT molecular complexity index is 1080. The van der Waals surface area contributed by atoms with Gasteiger partial charge >= 0.3 is 0 Å². The maximum Gasteiger partial charge on any atom is 0.253 e. The highest BCUT2D eigenvalue weighted by atomic mass is 16.2. The lowest BCUT2D eigenvalue weighted by atomic mass is 10.0. The van der Waals surface area contributed by atoms with Crippen molar-refractivity contribution in [3.05, 3.63) is 59.5 Å². The van der Waals surface area contributed by atoms with Crippen LogP contribution in [-0.2, 0) is 6.54 Å². The summed E-state index contributed by atoms with van der Waals surface area (Å²) in [5.74, 6) is 0.557. The quantitative estimate of drug-likeness (QED) is 0.539. The molecular formula is C27H37N7O2. The summed E-state index contributed by atoms with van der Waals surface area (Å²) in [6.07, 6.45) is 8.73. The number of guanidine groups is 1. The predicted molar refractivity (Wildman–Crippen MR) is 143 cm³/mol. The number of nitrogens with one attached hydrogen (secondary N) is 1. The maximum absolute atomic E-state index is 13.0. The minimum absolute atomic E-state index is 0.0689. The second kappa shape index (κ2) is 11.5. The molecule has 3 aliphatic heterocycles. The minimum atomic E-state index is -0.0689. The fourth-order valence-corrected chi connectivity index (χ4v) is 4.95. The van der Waals surface area contributed by atoms with E-state index < -0.39 is 0 Å². The van der Waals surface area contributed by atoms with Gasteiger partial charge in [0.1, 0.15) is 0 Å². The Hall–Kier alpha value is -3.46. The molecule has 0 radical (unpaired) electrons. The van der Waals surface area contributed by atoms with Gasteiger partial charge in [-0.05, 0) is 43.7 Å². The van der Waals surface area contributed by atoms with Gasteiger partial charge in [0.2, 0.25) is 5.96 Å². The van der Waals surface area contributed by atoms with Crippen molar-refractivity contribution in [1.29, 1.82) is 5.41 Å². The van der Waals surface area contributed by atoms with Crippen LogP contribution in [-0.4, -0.2) is 87.6 Å². The molecular weight excluding hydrogens is 454 g/mol. The SMILES string of the molecule is CCCC(CCC)N1C2=NC(=N)N=C(C=CN1Cc1ccc(C(=O)N3CCN(C)CC3)cc1)C2=CO. The van der Waals surface area contributed by atoms with Crippen LogP contribution in [0, 0.1) is 5.41 Å². The van der Waals surface area contributed by atoms with Gasteiger partial charge < -0.3 is 14.9 Å². The number of carbonyl (C=O) groups excluding carboxylic acids is 1. The van der Waals surface area contributed by atoms with Crippen molar-refractivity contribution in [3.8, 4) is 0 Å². The molecule has 0 aromatic heterocycles. The van der Waals surface area contributed by atoms with Gasteiger partial charge in [0, 0.05) is 37.9 Å². The smallest absolute Gasteiger partial charge is 0.253 e. The van der Waals surface area contributed by atoms with Crippen LogP contribution < -0.4 is 0 Å². The molecule has 0 aliphatic carbocycles. The van der Waals surface area contributed by atoms with Gasteiger partial charge in [-0.1, -0.05) is 38.8 Å². The predicted octanol–water partition coefficient (Wildman–Crippen LogP) is 3.82. The largest absolute Gasteiger partial charge is 0.515 e. The van der Waals surface area contributed by atoms with Crippen LogP contribution in [0.4, 0.5) is 0 Å². The third-order valence-electron chi connectivity index (χ3n) is 6.91. The second-order valence-corrected chi connectivity index (χ2v) is 9.58. The van der Waals surface area contributed by atoms with E-state index in [4.69, 9.17) is 5.41 Å². The third kappa shape index (κ3) is 5.51. The Labute approximate surface area is 213 Å². The van der Waals surface area contributed by atoms with Gasteiger partial charge in [0.05, 0.1) is 30.1 Å². The summed E-state index contributed by atoms with van der Waals surface area (Å²) in [5, 5.41) is 22.4. The first kappa shape index (κ1) is 25.6. The maximum atomic E-state index is 13.0. The van der Waals surface area contributed by atoms with Crippen molar-refractivity contribution < 1.29 is 9.90 Å². The highest BCUT2D eigenvalue weighted by Gasteiger charge is 2.34. The zero-order chi connectivity index (χ0) is 25.7. The average Bonchev–Trinajstić information content (AvgIpc) is 2.96. The summed E-state index contributed by atoms with van der Waals surface area (Å²) in [6.45, 7) is 8.18. The number of carbonyl (C=O) groups is 1. The van der Waals surface area contributed by atoms with Crippen LogP contribution in [0.5, 0.6) is 0 Å². The van der Waals surface area contributed by atoms with Crippen molar-refractivity contribution in [2.75, 3.05) is 33.2 Å². The summed E-state index contributed by atoms with van der Waals surface area (Å²) in [5.41, 5.74) is 2.81. The molecule has 0 unspecified atom stereocenters. The average molecular weight is 492 g/mol. The van der Waals surface area contributed by atoms with Crippen molar-refractivity contribution in [2.45, 2.75) is 52.1 Å². The summed E-state index contributed by atoms with van der Waals surface area (Å²) in [4.78, 5) is 25.8. The number of benzene rings is 1. The Morgan fingerprint density at radius 2 is 1.75 bits per heavy atom. The number of piperazine rings is 1. The Kier molecular flexibility index (Phi) is 8.20. The number of amides is 1. The molecule has 2 N–H and O–H groups in total. The molecule has 36 heavy (non-hydrogen) atoms. The van der Waals surface area contributed by atoms with E-state index >= 15 is 0 Å². The molecule has 1 amide bonds. The van der Waals surface area contributed by atoms with Gasteiger partial charge in [-0.2, -0.15) is 4.99 Å². The van der Waals surface area contributed by atoms with Gasteiger partial charge in [-0.3, -0.25) is 20.2 Å². The number of aliphatic hydroxyl groups excluding tert-OH is 1. The van der Waals surface area contributed by atoms with Crippen molar-refractivity contribution in [3.63, 3.8) is 0 Å². The summed E-state index contributed by atoms with van der Waals surface area (Å²) in [7, 11) is 2.08. The number of hydrazine groups is 1. The molecule has 0 spiro atoms. The van der Waals surface area contributed by atoms with Crippen molar-refractivity contribution in [1.82, 2.24) is 19.8 Å². The summed E-state index contributed by atoms with van der Waals surface area (Å²) >= 11 is 0. The first-order valence-corrected chi connectivity index (χ1v) is 12.9. The monoisotopic (exact) mass is 491 g/mol. The molecule has 192 valence electrons. The minimum Gasteiger partial charge on any atom is -0.515 e.